The van der Waals surface area contributed by atoms with Crippen molar-refractivity contribution < 1.29 is 4.39 Å². The number of anilines is 2. The summed E-state index contributed by atoms with van der Waals surface area (Å²) in [5.74, 6) is 3.02. The van der Waals surface area contributed by atoms with Crippen LogP contribution < -0.4 is 16.0 Å². The Balaban J connectivity index is 1.23. The highest BCUT2D eigenvalue weighted by atomic mass is 19.1. The number of nitrogens with zero attached hydrogens (tertiary/aromatic N) is 5. The molecular formula is C26H29FN8. The number of hydrogen-bond acceptors (Lipinski definition) is 7. The summed E-state index contributed by atoms with van der Waals surface area (Å²) in [5.41, 5.74) is 3.29. The average molecular weight is 473 g/mol. The van der Waals surface area contributed by atoms with Gasteiger partial charge in [0.15, 0.2) is 11.5 Å². The minimum Gasteiger partial charge on any atom is -0.370 e. The van der Waals surface area contributed by atoms with Gasteiger partial charge in [-0.15, -0.1) is 0 Å². The number of rotatable bonds is 8. The Morgan fingerprint density at radius 1 is 1.03 bits per heavy atom. The van der Waals surface area contributed by atoms with Crippen molar-refractivity contribution in [2.45, 2.75) is 38.1 Å². The molecule has 0 bridgehead atoms. The first kappa shape index (κ1) is 21.9. The van der Waals surface area contributed by atoms with Gasteiger partial charge in [-0.1, -0.05) is 12.1 Å². The van der Waals surface area contributed by atoms with Crippen molar-refractivity contribution in [3.63, 3.8) is 0 Å². The topological polar surface area (TPSA) is 92.1 Å². The lowest BCUT2D eigenvalue weighted by Crippen LogP contribution is -2.31. The van der Waals surface area contributed by atoms with Crippen molar-refractivity contribution in [1.29, 1.82) is 0 Å². The molecule has 1 aliphatic heterocycles. The van der Waals surface area contributed by atoms with Gasteiger partial charge >= 0.3 is 0 Å². The number of hydrogen-bond donors (Lipinski definition) is 3. The predicted molar refractivity (Wildman–Crippen MR) is 134 cm³/mol. The Hall–Kier alpha value is -3.59. The van der Waals surface area contributed by atoms with E-state index in [0.717, 1.165) is 36.9 Å². The molecule has 4 heterocycles. The van der Waals surface area contributed by atoms with Crippen molar-refractivity contribution in [2.24, 2.45) is 5.92 Å². The largest absolute Gasteiger partial charge is 0.370 e. The lowest BCUT2D eigenvalue weighted by atomic mass is 9.98. The van der Waals surface area contributed by atoms with Crippen LogP contribution in [0.25, 0.3) is 17.0 Å². The second-order valence-corrected chi connectivity index (χ2v) is 9.44. The van der Waals surface area contributed by atoms with Crippen molar-refractivity contribution in [3.8, 4) is 11.4 Å². The third-order valence-electron chi connectivity index (χ3n) is 6.88. The molecule has 3 N–H and O–H groups in total. The average Bonchev–Trinajstić information content (AvgIpc) is 3.66. The van der Waals surface area contributed by atoms with Crippen LogP contribution in [-0.2, 0) is 6.54 Å². The first-order valence-electron chi connectivity index (χ1n) is 12.4. The molecule has 0 unspecified atom stereocenters. The van der Waals surface area contributed by atoms with Crippen molar-refractivity contribution in [1.82, 2.24) is 29.9 Å². The number of fused-ring (bicyclic) bond motifs is 1. The highest BCUT2D eigenvalue weighted by Gasteiger charge is 2.28. The summed E-state index contributed by atoms with van der Waals surface area (Å²) in [6, 6.07) is 8.83. The van der Waals surface area contributed by atoms with Gasteiger partial charge < -0.3 is 16.0 Å². The van der Waals surface area contributed by atoms with Gasteiger partial charge in [0.25, 0.3) is 0 Å². The lowest BCUT2D eigenvalue weighted by molar-refractivity contribution is 0.389. The van der Waals surface area contributed by atoms with Crippen LogP contribution in [-0.4, -0.2) is 44.2 Å². The standard InChI is InChI=1S/C26H29FN8/c27-22-12-19(25-29-8-1-9-30-25)4-5-20(22)15-32-24-13-23(31-14-17-6-10-28-11-7-17)34-26-21(18-2-3-18)16-33-35(24)26/h1,4-5,8-9,12-13,16-18,28,32H,2-3,6-7,10-11,14-15H2,(H,31,34). The molecule has 0 atom stereocenters. The molecule has 3 aromatic heterocycles. The Morgan fingerprint density at radius 3 is 2.63 bits per heavy atom. The maximum atomic E-state index is 14.9. The number of halogens is 1. The summed E-state index contributed by atoms with van der Waals surface area (Å²) in [6.45, 7) is 3.36. The molecule has 1 saturated heterocycles. The van der Waals surface area contributed by atoms with Crippen molar-refractivity contribution in [3.05, 3.63) is 65.9 Å². The molecule has 1 saturated carbocycles. The normalized spacial score (nSPS) is 16.5. The van der Waals surface area contributed by atoms with Gasteiger partial charge in [0, 0.05) is 48.2 Å². The molecule has 0 radical (unpaired) electrons. The van der Waals surface area contributed by atoms with Crippen LogP contribution in [0.5, 0.6) is 0 Å². The second kappa shape index (κ2) is 9.58. The van der Waals surface area contributed by atoms with Gasteiger partial charge in [-0.05, 0) is 62.7 Å². The molecule has 2 fully saturated rings. The van der Waals surface area contributed by atoms with E-state index in [2.05, 4.69) is 31.0 Å². The van der Waals surface area contributed by atoms with Gasteiger partial charge in [-0.25, -0.2) is 19.3 Å². The monoisotopic (exact) mass is 472 g/mol. The molecular weight excluding hydrogens is 443 g/mol. The summed E-state index contributed by atoms with van der Waals surface area (Å²) in [7, 11) is 0. The Kier molecular flexibility index (Phi) is 5.99. The van der Waals surface area contributed by atoms with Crippen LogP contribution in [0.15, 0.2) is 48.9 Å². The van der Waals surface area contributed by atoms with E-state index in [-0.39, 0.29) is 5.82 Å². The summed E-state index contributed by atoms with van der Waals surface area (Å²) < 4.78 is 16.8. The van der Waals surface area contributed by atoms with E-state index >= 15 is 0 Å². The molecule has 1 aromatic carbocycles. The fraction of sp³-hybridized carbons (Fsp3) is 0.385. The van der Waals surface area contributed by atoms with Gasteiger partial charge in [-0.3, -0.25) is 0 Å². The first-order valence-corrected chi connectivity index (χ1v) is 12.4. The van der Waals surface area contributed by atoms with E-state index in [1.165, 1.54) is 37.3 Å². The van der Waals surface area contributed by atoms with Crippen LogP contribution in [0.1, 0.15) is 42.7 Å². The van der Waals surface area contributed by atoms with E-state index in [1.54, 1.807) is 24.5 Å². The molecule has 1 aliphatic carbocycles. The van der Waals surface area contributed by atoms with Crippen molar-refractivity contribution in [2.75, 3.05) is 30.3 Å². The highest BCUT2D eigenvalue weighted by Crippen LogP contribution is 2.42. The van der Waals surface area contributed by atoms with E-state index in [9.17, 15) is 4.39 Å². The Morgan fingerprint density at radius 2 is 1.86 bits per heavy atom. The van der Waals surface area contributed by atoms with Gasteiger partial charge in [-0.2, -0.15) is 9.61 Å². The number of piperidine rings is 1. The minimum absolute atomic E-state index is 0.295. The summed E-state index contributed by atoms with van der Waals surface area (Å²) >= 11 is 0. The van der Waals surface area contributed by atoms with Crippen molar-refractivity contribution >= 4 is 17.3 Å². The zero-order chi connectivity index (χ0) is 23.6. The minimum atomic E-state index is -0.295. The number of aromatic nitrogens is 5. The molecule has 6 rings (SSSR count). The second-order valence-electron chi connectivity index (χ2n) is 9.44. The maximum Gasteiger partial charge on any atom is 0.163 e. The predicted octanol–water partition coefficient (Wildman–Crippen LogP) is 4.23. The van der Waals surface area contributed by atoms with Crippen LogP contribution in [0.2, 0.25) is 0 Å². The number of benzene rings is 1. The molecule has 0 spiro atoms. The SMILES string of the molecule is Fc1cc(-c2ncccn2)ccc1CNc1cc(NCC2CCNCC2)nc2c(C3CC3)cnn12. The molecule has 8 nitrogen and oxygen atoms in total. The van der Waals surface area contributed by atoms with Crippen LogP contribution in [0.4, 0.5) is 16.0 Å². The Labute approximate surface area is 203 Å². The molecule has 180 valence electrons. The third kappa shape index (κ3) is 4.81. The molecule has 4 aromatic rings. The highest BCUT2D eigenvalue weighted by molar-refractivity contribution is 5.62. The van der Waals surface area contributed by atoms with E-state index < -0.39 is 0 Å². The summed E-state index contributed by atoms with van der Waals surface area (Å²) in [5, 5.41) is 15.0. The molecule has 2 aliphatic rings. The van der Waals surface area contributed by atoms with Crippen LogP contribution in [0.3, 0.4) is 0 Å². The summed E-state index contributed by atoms with van der Waals surface area (Å²) in [4.78, 5) is 13.3. The zero-order valence-electron chi connectivity index (χ0n) is 19.5. The fourth-order valence-electron chi connectivity index (χ4n) is 4.68. The van der Waals surface area contributed by atoms with Crippen LogP contribution >= 0.6 is 0 Å². The van der Waals surface area contributed by atoms with Gasteiger partial charge in [0.1, 0.15) is 17.5 Å². The number of nitrogens with one attached hydrogen (secondary N) is 3. The van der Waals surface area contributed by atoms with Gasteiger partial charge in [0.05, 0.1) is 6.20 Å². The quantitative estimate of drug-likeness (QED) is 0.354. The van der Waals surface area contributed by atoms with Gasteiger partial charge in [0.2, 0.25) is 0 Å². The molecule has 9 heteroatoms. The fourth-order valence-corrected chi connectivity index (χ4v) is 4.68. The molecule has 0 amide bonds. The van der Waals surface area contributed by atoms with E-state index in [4.69, 9.17) is 4.98 Å². The Bertz CT molecular complexity index is 1310. The first-order chi connectivity index (χ1) is 17.2. The zero-order valence-corrected chi connectivity index (χ0v) is 19.5. The van der Waals surface area contributed by atoms with E-state index in [1.807, 2.05) is 22.8 Å². The third-order valence-corrected chi connectivity index (χ3v) is 6.88. The van der Waals surface area contributed by atoms with Crippen LogP contribution in [0, 0.1) is 11.7 Å². The maximum absolute atomic E-state index is 14.9. The lowest BCUT2D eigenvalue weighted by Gasteiger charge is -2.23. The summed E-state index contributed by atoms with van der Waals surface area (Å²) in [6.07, 6.45) is 9.94. The van der Waals surface area contributed by atoms with E-state index in [0.29, 0.717) is 35.3 Å². The molecule has 35 heavy (non-hydrogen) atoms. The smallest absolute Gasteiger partial charge is 0.163 e.